The molecule has 1 fully saturated rings. The van der Waals surface area contributed by atoms with Crippen molar-refractivity contribution in [3.05, 3.63) is 66.0 Å². The van der Waals surface area contributed by atoms with E-state index in [-0.39, 0.29) is 17.7 Å². The van der Waals surface area contributed by atoms with E-state index in [1.165, 1.54) is 6.33 Å². The topological polar surface area (TPSA) is 125 Å². The van der Waals surface area contributed by atoms with Crippen LogP contribution in [0.3, 0.4) is 0 Å². The molecule has 1 saturated carbocycles. The maximum Gasteiger partial charge on any atom is 0.255 e. The van der Waals surface area contributed by atoms with Crippen LogP contribution < -0.4 is 15.8 Å². The van der Waals surface area contributed by atoms with Crippen molar-refractivity contribution in [3.8, 4) is 17.0 Å². The molecule has 1 aliphatic rings. The third kappa shape index (κ3) is 4.44. The molecule has 2 heterocycles. The molecule has 178 valence electrons. The SMILES string of the molecule is COc1ccccc1C(=O)NCc1ccc(-c2nn(C3CCCC(=O)C3)c3ncnc(N)c23)cc1. The number of ether oxygens (including phenoxy) is 1. The summed E-state index contributed by atoms with van der Waals surface area (Å²) in [4.78, 5) is 33.3. The van der Waals surface area contributed by atoms with Gasteiger partial charge in [0, 0.05) is 24.9 Å². The van der Waals surface area contributed by atoms with Crippen molar-refractivity contribution in [2.75, 3.05) is 12.8 Å². The first-order valence-corrected chi connectivity index (χ1v) is 11.6. The highest BCUT2D eigenvalue weighted by atomic mass is 16.5. The number of aromatic nitrogens is 4. The average molecular weight is 471 g/mol. The minimum absolute atomic E-state index is 0.0359. The summed E-state index contributed by atoms with van der Waals surface area (Å²) >= 11 is 0. The molecule has 0 bridgehead atoms. The normalized spacial score (nSPS) is 15.8. The van der Waals surface area contributed by atoms with Crippen LogP contribution in [-0.2, 0) is 11.3 Å². The Hall–Kier alpha value is -4.27. The summed E-state index contributed by atoms with van der Waals surface area (Å²) in [5.41, 5.74) is 9.82. The fourth-order valence-corrected chi connectivity index (χ4v) is 4.55. The van der Waals surface area contributed by atoms with Gasteiger partial charge in [-0.25, -0.2) is 14.6 Å². The van der Waals surface area contributed by atoms with Gasteiger partial charge in [0.1, 0.15) is 29.4 Å². The van der Waals surface area contributed by atoms with Crippen LogP contribution in [0.1, 0.15) is 47.6 Å². The number of anilines is 1. The molecule has 1 aliphatic carbocycles. The van der Waals surface area contributed by atoms with E-state index >= 15 is 0 Å². The van der Waals surface area contributed by atoms with E-state index in [1.807, 2.05) is 35.0 Å². The van der Waals surface area contributed by atoms with E-state index in [9.17, 15) is 9.59 Å². The van der Waals surface area contributed by atoms with Crippen LogP contribution in [0.2, 0.25) is 0 Å². The lowest BCUT2D eigenvalue weighted by Gasteiger charge is -2.21. The van der Waals surface area contributed by atoms with Crippen molar-refractivity contribution >= 4 is 28.5 Å². The van der Waals surface area contributed by atoms with Crippen molar-refractivity contribution in [2.24, 2.45) is 0 Å². The van der Waals surface area contributed by atoms with E-state index in [4.69, 9.17) is 15.6 Å². The molecule has 35 heavy (non-hydrogen) atoms. The lowest BCUT2D eigenvalue weighted by Crippen LogP contribution is -2.23. The number of carbonyl (C=O) groups excluding carboxylic acids is 2. The molecule has 1 amide bonds. The van der Waals surface area contributed by atoms with Gasteiger partial charge in [-0.05, 0) is 30.5 Å². The lowest BCUT2D eigenvalue weighted by atomic mass is 9.94. The van der Waals surface area contributed by atoms with Crippen LogP contribution in [0.25, 0.3) is 22.3 Å². The minimum Gasteiger partial charge on any atom is -0.496 e. The predicted molar refractivity (Wildman–Crippen MR) is 132 cm³/mol. The minimum atomic E-state index is -0.205. The Labute approximate surface area is 202 Å². The molecular formula is C26H26N6O3. The molecule has 0 aliphatic heterocycles. The summed E-state index contributed by atoms with van der Waals surface area (Å²) in [6.45, 7) is 0.363. The molecule has 1 atom stereocenters. The molecule has 1 unspecified atom stereocenters. The largest absolute Gasteiger partial charge is 0.496 e. The smallest absolute Gasteiger partial charge is 0.255 e. The van der Waals surface area contributed by atoms with Crippen molar-refractivity contribution in [1.82, 2.24) is 25.1 Å². The molecule has 9 heteroatoms. The number of para-hydroxylation sites is 1. The van der Waals surface area contributed by atoms with Crippen molar-refractivity contribution in [1.29, 1.82) is 0 Å². The van der Waals surface area contributed by atoms with E-state index in [0.29, 0.717) is 53.2 Å². The summed E-state index contributed by atoms with van der Waals surface area (Å²) in [7, 11) is 1.54. The monoisotopic (exact) mass is 470 g/mol. The first-order valence-electron chi connectivity index (χ1n) is 11.6. The van der Waals surface area contributed by atoms with Crippen molar-refractivity contribution in [3.63, 3.8) is 0 Å². The summed E-state index contributed by atoms with van der Waals surface area (Å²) < 4.78 is 7.11. The number of nitrogens with one attached hydrogen (secondary N) is 1. The van der Waals surface area contributed by atoms with Gasteiger partial charge in [-0.3, -0.25) is 9.59 Å². The van der Waals surface area contributed by atoms with Gasteiger partial charge in [0.05, 0.1) is 24.1 Å². The quantitative estimate of drug-likeness (QED) is 0.440. The van der Waals surface area contributed by atoms with Gasteiger partial charge in [0.25, 0.3) is 5.91 Å². The standard InChI is InChI=1S/C26H26N6O3/c1-35-21-8-3-2-7-20(21)26(34)28-14-16-9-11-17(12-10-16)23-22-24(27)29-15-30-25(22)32(31-23)18-5-4-6-19(33)13-18/h2-3,7-12,15,18H,4-6,13-14H2,1H3,(H,28,34)(H2,27,29,30). The van der Waals surface area contributed by atoms with Gasteiger partial charge < -0.3 is 15.8 Å². The van der Waals surface area contributed by atoms with Crippen LogP contribution in [-0.4, -0.2) is 38.5 Å². The Balaban J connectivity index is 1.39. The maximum atomic E-state index is 12.6. The number of nitrogens with two attached hydrogens (primary N) is 1. The zero-order chi connectivity index (χ0) is 24.4. The second kappa shape index (κ2) is 9.54. The summed E-state index contributed by atoms with van der Waals surface area (Å²) in [6.07, 6.45) is 4.21. The third-order valence-corrected chi connectivity index (χ3v) is 6.35. The van der Waals surface area contributed by atoms with E-state index in [1.54, 1.807) is 25.3 Å². The van der Waals surface area contributed by atoms with Gasteiger partial charge in [-0.2, -0.15) is 5.10 Å². The van der Waals surface area contributed by atoms with E-state index in [0.717, 1.165) is 24.0 Å². The molecule has 0 spiro atoms. The number of methoxy groups -OCH3 is 1. The van der Waals surface area contributed by atoms with Crippen LogP contribution >= 0.6 is 0 Å². The second-order valence-corrected chi connectivity index (χ2v) is 8.62. The maximum absolute atomic E-state index is 12.6. The Kier molecular flexibility index (Phi) is 6.13. The second-order valence-electron chi connectivity index (χ2n) is 8.62. The summed E-state index contributed by atoms with van der Waals surface area (Å²) in [5.74, 6) is 0.921. The number of rotatable bonds is 6. The summed E-state index contributed by atoms with van der Waals surface area (Å²) in [5, 5.41) is 8.45. The number of nitrogens with zero attached hydrogens (tertiary/aromatic N) is 4. The van der Waals surface area contributed by atoms with Gasteiger partial charge >= 0.3 is 0 Å². The highest BCUT2D eigenvalue weighted by Gasteiger charge is 2.26. The molecule has 3 N–H and O–H groups in total. The first-order chi connectivity index (χ1) is 17.0. The molecule has 5 rings (SSSR count). The average Bonchev–Trinajstić information content (AvgIpc) is 3.28. The molecule has 4 aromatic rings. The molecule has 9 nitrogen and oxygen atoms in total. The first kappa shape index (κ1) is 22.5. The Morgan fingerprint density at radius 2 is 1.97 bits per heavy atom. The molecule has 0 radical (unpaired) electrons. The fraction of sp³-hybridized carbons (Fsp3) is 0.269. The van der Waals surface area contributed by atoms with Crippen molar-refractivity contribution < 1.29 is 14.3 Å². The Bertz CT molecular complexity index is 1400. The fourth-order valence-electron chi connectivity index (χ4n) is 4.55. The summed E-state index contributed by atoms with van der Waals surface area (Å²) in [6, 6.07) is 14.8. The zero-order valence-electron chi connectivity index (χ0n) is 19.4. The number of Topliss-reactive ketones (excluding diaryl/α,β-unsaturated/α-hetero) is 1. The lowest BCUT2D eigenvalue weighted by molar-refractivity contribution is -0.121. The van der Waals surface area contributed by atoms with Gasteiger partial charge in [0.2, 0.25) is 0 Å². The number of ketones is 1. The Morgan fingerprint density at radius 1 is 1.17 bits per heavy atom. The van der Waals surface area contributed by atoms with Crippen molar-refractivity contribution in [2.45, 2.75) is 38.3 Å². The van der Waals surface area contributed by atoms with Crippen LogP contribution in [0.4, 0.5) is 5.82 Å². The highest BCUT2D eigenvalue weighted by molar-refractivity contribution is 5.98. The van der Waals surface area contributed by atoms with Gasteiger partial charge in [-0.1, -0.05) is 36.4 Å². The number of hydrogen-bond acceptors (Lipinski definition) is 7. The van der Waals surface area contributed by atoms with E-state index < -0.39 is 0 Å². The third-order valence-electron chi connectivity index (χ3n) is 6.35. The molecule has 2 aromatic heterocycles. The predicted octanol–water partition coefficient (Wildman–Crippen LogP) is 3.70. The highest BCUT2D eigenvalue weighted by Crippen LogP contribution is 2.35. The van der Waals surface area contributed by atoms with E-state index in [2.05, 4.69) is 15.3 Å². The van der Waals surface area contributed by atoms with Gasteiger partial charge in [-0.15, -0.1) is 0 Å². The number of hydrogen-bond donors (Lipinski definition) is 2. The van der Waals surface area contributed by atoms with Crippen LogP contribution in [0.15, 0.2) is 54.9 Å². The number of amides is 1. The van der Waals surface area contributed by atoms with Crippen LogP contribution in [0, 0.1) is 0 Å². The number of carbonyl (C=O) groups is 2. The van der Waals surface area contributed by atoms with Gasteiger partial charge in [0.15, 0.2) is 5.65 Å². The zero-order valence-corrected chi connectivity index (χ0v) is 19.4. The Morgan fingerprint density at radius 3 is 2.74 bits per heavy atom. The number of fused-ring (bicyclic) bond motifs is 1. The van der Waals surface area contributed by atoms with Crippen LogP contribution in [0.5, 0.6) is 5.75 Å². The molecule has 2 aromatic carbocycles. The molecule has 0 saturated heterocycles. The molecular weight excluding hydrogens is 444 g/mol. The number of benzene rings is 2. The number of nitrogen functional groups attached to an aromatic ring is 1.